The van der Waals surface area contributed by atoms with Gasteiger partial charge in [-0.15, -0.1) is 11.3 Å². The van der Waals surface area contributed by atoms with Crippen molar-refractivity contribution in [3.05, 3.63) is 45.6 Å². The van der Waals surface area contributed by atoms with Crippen LogP contribution in [0, 0.1) is 13.8 Å². The van der Waals surface area contributed by atoms with Crippen LogP contribution in [-0.2, 0) is 0 Å². The Kier molecular flexibility index (Phi) is 4.40. The Morgan fingerprint density at radius 1 is 1.22 bits per heavy atom. The van der Waals surface area contributed by atoms with Crippen LogP contribution in [0.1, 0.15) is 20.8 Å². The summed E-state index contributed by atoms with van der Waals surface area (Å²) in [4.78, 5) is 17.8. The first-order valence-electron chi connectivity index (χ1n) is 6.92. The minimum Gasteiger partial charge on any atom is -0.497 e. The van der Waals surface area contributed by atoms with Gasteiger partial charge in [0.15, 0.2) is 5.82 Å². The van der Waals surface area contributed by atoms with Gasteiger partial charge >= 0.3 is 0 Å². The molecule has 118 valence electrons. The number of nitrogens with zero attached hydrogens (tertiary/aromatic N) is 2. The van der Waals surface area contributed by atoms with Gasteiger partial charge in [-0.1, -0.05) is 0 Å². The third kappa shape index (κ3) is 3.25. The van der Waals surface area contributed by atoms with Crippen LogP contribution in [-0.4, -0.2) is 22.4 Å². The second-order valence-corrected chi connectivity index (χ2v) is 6.77. The van der Waals surface area contributed by atoms with E-state index in [0.717, 1.165) is 21.8 Å². The van der Waals surface area contributed by atoms with Gasteiger partial charge in [0.05, 0.1) is 12.7 Å². The van der Waals surface area contributed by atoms with Gasteiger partial charge in [-0.05, 0) is 43.7 Å². The molecule has 0 aliphatic carbocycles. The molecule has 1 N–H and O–H groups in total. The Hall–Kier alpha value is -2.25. The zero-order chi connectivity index (χ0) is 16.4. The quantitative estimate of drug-likeness (QED) is 0.772. The lowest BCUT2D eigenvalue weighted by molar-refractivity contribution is 0.102. The minimum absolute atomic E-state index is 0.149. The van der Waals surface area contributed by atoms with Gasteiger partial charge in [0, 0.05) is 27.4 Å². The van der Waals surface area contributed by atoms with Crippen molar-refractivity contribution in [1.29, 1.82) is 0 Å². The molecule has 0 saturated carbocycles. The van der Waals surface area contributed by atoms with Crippen LogP contribution in [0.15, 0.2) is 29.6 Å². The summed E-state index contributed by atoms with van der Waals surface area (Å²) in [7, 11) is 1.62. The fourth-order valence-electron chi connectivity index (χ4n) is 2.03. The summed E-state index contributed by atoms with van der Waals surface area (Å²) in [5.74, 6) is 1.22. The molecule has 3 rings (SSSR count). The van der Waals surface area contributed by atoms with Crippen LogP contribution >= 0.6 is 22.9 Å². The number of amides is 1. The summed E-state index contributed by atoms with van der Waals surface area (Å²) in [6, 6.07) is 7.48. The van der Waals surface area contributed by atoms with Crippen LogP contribution in [0.2, 0.25) is 0 Å². The van der Waals surface area contributed by atoms with Crippen molar-refractivity contribution in [3.63, 3.8) is 0 Å². The van der Waals surface area contributed by atoms with Gasteiger partial charge in [-0.25, -0.2) is 0 Å². The first-order chi connectivity index (χ1) is 11.1. The molecule has 0 saturated heterocycles. The van der Waals surface area contributed by atoms with E-state index in [9.17, 15) is 4.79 Å². The predicted octanol–water partition coefficient (Wildman–Crippen LogP) is 4.14. The van der Waals surface area contributed by atoms with Gasteiger partial charge in [0.1, 0.15) is 5.75 Å². The number of ether oxygens (including phenoxy) is 1. The van der Waals surface area contributed by atoms with Crippen LogP contribution in [0.25, 0.3) is 11.4 Å². The normalized spacial score (nSPS) is 10.6. The van der Waals surface area contributed by atoms with Crippen LogP contribution < -0.4 is 10.1 Å². The molecule has 0 bridgehead atoms. The molecule has 0 atom stereocenters. The molecular weight excluding hydrogens is 330 g/mol. The lowest BCUT2D eigenvalue weighted by atomic mass is 10.2. The molecule has 2 aromatic heterocycles. The monoisotopic (exact) mass is 345 g/mol. The smallest absolute Gasteiger partial charge is 0.258 e. The molecule has 0 fully saturated rings. The Balaban J connectivity index is 1.76. The number of hydrogen-bond acceptors (Lipinski definition) is 6. The van der Waals surface area contributed by atoms with E-state index in [1.165, 1.54) is 11.5 Å². The van der Waals surface area contributed by atoms with Gasteiger partial charge in [-0.3, -0.25) is 10.1 Å². The fourth-order valence-corrected chi connectivity index (χ4v) is 3.48. The number of hydrogen-bond donors (Lipinski definition) is 1. The van der Waals surface area contributed by atoms with E-state index >= 15 is 0 Å². The highest BCUT2D eigenvalue weighted by Crippen LogP contribution is 2.25. The van der Waals surface area contributed by atoms with Gasteiger partial charge in [0.25, 0.3) is 5.91 Å². The Labute approximate surface area is 142 Å². The maximum atomic E-state index is 12.3. The summed E-state index contributed by atoms with van der Waals surface area (Å²) < 4.78 is 9.42. The summed E-state index contributed by atoms with van der Waals surface area (Å²) in [5.41, 5.74) is 2.58. The molecule has 0 aliphatic heterocycles. The Morgan fingerprint density at radius 3 is 2.57 bits per heavy atom. The number of anilines is 1. The zero-order valence-electron chi connectivity index (χ0n) is 12.9. The number of carbonyl (C=O) groups is 1. The summed E-state index contributed by atoms with van der Waals surface area (Å²) >= 11 is 2.74. The predicted molar refractivity (Wildman–Crippen MR) is 93.6 cm³/mol. The SMILES string of the molecule is COc1ccc(-c2nsc(NC(=O)c3csc(C)c3C)n2)cc1. The maximum absolute atomic E-state index is 12.3. The fraction of sp³-hybridized carbons (Fsp3) is 0.188. The molecule has 0 spiro atoms. The van der Waals surface area contributed by atoms with E-state index < -0.39 is 0 Å². The van der Waals surface area contributed by atoms with E-state index in [1.807, 2.05) is 43.5 Å². The highest BCUT2D eigenvalue weighted by Gasteiger charge is 2.15. The van der Waals surface area contributed by atoms with Crippen LogP contribution in [0.4, 0.5) is 5.13 Å². The minimum atomic E-state index is -0.149. The van der Waals surface area contributed by atoms with E-state index in [2.05, 4.69) is 14.7 Å². The lowest BCUT2D eigenvalue weighted by Gasteiger charge is -2.01. The van der Waals surface area contributed by atoms with Crippen LogP contribution in [0.3, 0.4) is 0 Å². The molecule has 5 nitrogen and oxygen atoms in total. The number of nitrogens with one attached hydrogen (secondary N) is 1. The lowest BCUT2D eigenvalue weighted by Crippen LogP contribution is -2.12. The van der Waals surface area contributed by atoms with Crippen molar-refractivity contribution in [1.82, 2.24) is 9.36 Å². The summed E-state index contributed by atoms with van der Waals surface area (Å²) in [6.07, 6.45) is 0. The van der Waals surface area contributed by atoms with E-state index in [0.29, 0.717) is 16.5 Å². The molecule has 0 aliphatic rings. The number of aromatic nitrogens is 2. The standard InChI is InChI=1S/C16H15N3O2S2/c1-9-10(2)22-8-13(9)15(20)18-16-17-14(19-23-16)11-4-6-12(21-3)7-5-11/h4-8H,1-3H3,(H,17,18,19,20). The number of aryl methyl sites for hydroxylation is 1. The van der Waals surface area contributed by atoms with Gasteiger partial charge in [0.2, 0.25) is 5.13 Å². The molecule has 7 heteroatoms. The maximum Gasteiger partial charge on any atom is 0.258 e. The molecule has 23 heavy (non-hydrogen) atoms. The van der Waals surface area contributed by atoms with Crippen molar-refractivity contribution in [2.75, 3.05) is 12.4 Å². The second kappa shape index (κ2) is 6.47. The van der Waals surface area contributed by atoms with E-state index in [1.54, 1.807) is 18.4 Å². The van der Waals surface area contributed by atoms with E-state index in [-0.39, 0.29) is 5.91 Å². The van der Waals surface area contributed by atoms with Crippen molar-refractivity contribution in [2.24, 2.45) is 0 Å². The molecule has 2 heterocycles. The largest absolute Gasteiger partial charge is 0.497 e. The highest BCUT2D eigenvalue weighted by molar-refractivity contribution is 7.10. The number of benzene rings is 1. The summed E-state index contributed by atoms with van der Waals surface area (Å²) in [6.45, 7) is 3.95. The Bertz CT molecular complexity index is 837. The average molecular weight is 345 g/mol. The van der Waals surface area contributed by atoms with Crippen molar-refractivity contribution >= 4 is 33.9 Å². The third-order valence-corrected chi connectivity index (χ3v) is 5.17. The zero-order valence-corrected chi connectivity index (χ0v) is 14.5. The molecule has 3 aromatic rings. The number of thiophene rings is 1. The van der Waals surface area contributed by atoms with Gasteiger partial charge < -0.3 is 4.74 Å². The average Bonchev–Trinajstić information content (AvgIpc) is 3.15. The second-order valence-electron chi connectivity index (χ2n) is 4.94. The topological polar surface area (TPSA) is 64.1 Å². The molecule has 0 radical (unpaired) electrons. The molecule has 1 aromatic carbocycles. The number of rotatable bonds is 4. The molecule has 1 amide bonds. The third-order valence-electron chi connectivity index (χ3n) is 3.52. The molecular formula is C16H15N3O2S2. The van der Waals surface area contributed by atoms with Crippen LogP contribution in [0.5, 0.6) is 5.75 Å². The van der Waals surface area contributed by atoms with E-state index in [4.69, 9.17) is 4.74 Å². The summed E-state index contributed by atoms with van der Waals surface area (Å²) in [5, 5.41) is 5.17. The van der Waals surface area contributed by atoms with Crippen molar-refractivity contribution in [2.45, 2.75) is 13.8 Å². The first kappa shape index (κ1) is 15.6. The highest BCUT2D eigenvalue weighted by atomic mass is 32.1. The first-order valence-corrected chi connectivity index (χ1v) is 8.58. The molecule has 0 unspecified atom stereocenters. The van der Waals surface area contributed by atoms with Crippen molar-refractivity contribution in [3.8, 4) is 17.1 Å². The number of methoxy groups -OCH3 is 1. The number of carbonyl (C=O) groups excluding carboxylic acids is 1. The van der Waals surface area contributed by atoms with Crippen molar-refractivity contribution < 1.29 is 9.53 Å². The van der Waals surface area contributed by atoms with Gasteiger partial charge in [-0.2, -0.15) is 9.36 Å². The Morgan fingerprint density at radius 2 is 1.96 bits per heavy atom.